The lowest BCUT2D eigenvalue weighted by atomic mass is 9.94. The Bertz CT molecular complexity index is 1250. The monoisotopic (exact) mass is 463 g/mol. The Morgan fingerprint density at radius 2 is 1.70 bits per heavy atom. The number of methoxy groups -OCH3 is 1. The van der Waals surface area contributed by atoms with Crippen LogP contribution in [-0.2, 0) is 16.0 Å². The van der Waals surface area contributed by atoms with Crippen molar-refractivity contribution in [2.75, 3.05) is 12.0 Å². The third kappa shape index (κ3) is 4.05. The fraction of sp³-hybridized carbons (Fsp3) is 0.154. The van der Waals surface area contributed by atoms with Crippen LogP contribution in [-0.4, -0.2) is 29.0 Å². The van der Waals surface area contributed by atoms with Crippen molar-refractivity contribution in [3.63, 3.8) is 0 Å². The summed E-state index contributed by atoms with van der Waals surface area (Å²) in [6.45, 7) is 2.02. The lowest BCUT2D eigenvalue weighted by Crippen LogP contribution is -2.29. The van der Waals surface area contributed by atoms with Crippen LogP contribution in [0.2, 0.25) is 5.02 Å². The summed E-state index contributed by atoms with van der Waals surface area (Å²) in [6, 6.07) is 17.3. The fourth-order valence-corrected chi connectivity index (χ4v) is 4.09. The minimum absolute atomic E-state index is 0.0539. The second-order valence-electron chi connectivity index (χ2n) is 7.63. The van der Waals surface area contributed by atoms with Crippen molar-refractivity contribution in [1.82, 2.24) is 0 Å². The number of carbonyl (C=O) groups excluding carboxylic acids is 2. The van der Waals surface area contributed by atoms with Gasteiger partial charge in [-0.3, -0.25) is 14.5 Å². The topological polar surface area (TPSA) is 87.1 Å². The van der Waals surface area contributed by atoms with Gasteiger partial charge >= 0.3 is 0 Å². The number of phenolic OH excluding ortho intramolecular Hbond substituents is 1. The number of rotatable bonds is 5. The number of aromatic hydroxyl groups is 1. The Morgan fingerprint density at radius 1 is 1.03 bits per heavy atom. The molecule has 168 valence electrons. The van der Waals surface area contributed by atoms with E-state index in [-0.39, 0.29) is 22.1 Å². The van der Waals surface area contributed by atoms with Crippen molar-refractivity contribution in [3.05, 3.63) is 94.0 Å². The lowest BCUT2D eigenvalue weighted by molar-refractivity contribution is -0.132. The highest BCUT2D eigenvalue weighted by Crippen LogP contribution is 2.43. The summed E-state index contributed by atoms with van der Waals surface area (Å²) in [7, 11) is 1.53. The van der Waals surface area contributed by atoms with Crippen molar-refractivity contribution in [2.45, 2.75) is 19.4 Å². The third-order valence-corrected chi connectivity index (χ3v) is 6.02. The van der Waals surface area contributed by atoms with Crippen LogP contribution in [0.5, 0.6) is 11.5 Å². The Kier molecular flexibility index (Phi) is 6.11. The highest BCUT2D eigenvalue weighted by Gasteiger charge is 2.47. The summed E-state index contributed by atoms with van der Waals surface area (Å²) in [5, 5.41) is 21.1. The molecule has 0 aromatic heterocycles. The predicted octanol–water partition coefficient (Wildman–Crippen LogP) is 5.24. The number of aliphatic hydroxyl groups excluding tert-OH is 1. The van der Waals surface area contributed by atoms with Gasteiger partial charge in [-0.15, -0.1) is 0 Å². The summed E-state index contributed by atoms with van der Waals surface area (Å²) in [4.78, 5) is 27.6. The normalized spacial score (nSPS) is 17.4. The van der Waals surface area contributed by atoms with E-state index in [0.29, 0.717) is 22.6 Å². The first kappa shape index (κ1) is 22.4. The van der Waals surface area contributed by atoms with E-state index in [0.717, 1.165) is 12.0 Å². The number of hydrogen-bond acceptors (Lipinski definition) is 5. The van der Waals surface area contributed by atoms with Gasteiger partial charge in [0, 0.05) is 11.3 Å². The minimum atomic E-state index is -0.942. The van der Waals surface area contributed by atoms with Crippen molar-refractivity contribution >= 4 is 34.7 Å². The van der Waals surface area contributed by atoms with Gasteiger partial charge in [0.05, 0.1) is 23.7 Å². The number of aryl methyl sites for hydroxylation is 1. The number of halogens is 1. The largest absolute Gasteiger partial charge is 0.507 e. The second-order valence-corrected chi connectivity index (χ2v) is 8.04. The number of ketones is 1. The van der Waals surface area contributed by atoms with Gasteiger partial charge in [-0.2, -0.15) is 0 Å². The van der Waals surface area contributed by atoms with Crippen LogP contribution in [0.15, 0.2) is 72.3 Å². The minimum Gasteiger partial charge on any atom is -0.507 e. The van der Waals surface area contributed by atoms with E-state index in [1.54, 1.807) is 42.5 Å². The molecule has 3 aromatic carbocycles. The van der Waals surface area contributed by atoms with Crippen LogP contribution >= 0.6 is 11.6 Å². The second kappa shape index (κ2) is 9.00. The maximum absolute atomic E-state index is 13.2. The molecule has 0 spiro atoms. The predicted molar refractivity (Wildman–Crippen MR) is 127 cm³/mol. The first-order valence-electron chi connectivity index (χ1n) is 10.4. The number of aliphatic hydroxyl groups is 1. The molecule has 7 heteroatoms. The van der Waals surface area contributed by atoms with E-state index in [1.807, 2.05) is 19.1 Å². The number of Topliss-reactive ketones (excluding diaryl/α,β-unsaturated/α-hetero) is 1. The standard InChI is InChI=1S/C26H22ClNO5/c1-3-15-4-6-16(7-5-15)24(30)22-23(17-8-13-21(29)20(27)14-17)28(26(32)25(22)31)18-9-11-19(33-2)12-10-18/h4-14,23,29-30H,3H2,1-2H3/b24-22-. The molecule has 4 rings (SSSR count). The van der Waals surface area contributed by atoms with Crippen LogP contribution in [0.4, 0.5) is 5.69 Å². The van der Waals surface area contributed by atoms with Gasteiger partial charge in [-0.1, -0.05) is 48.9 Å². The average molecular weight is 464 g/mol. The lowest BCUT2D eigenvalue weighted by Gasteiger charge is -2.26. The molecule has 0 bridgehead atoms. The summed E-state index contributed by atoms with van der Waals surface area (Å²) >= 11 is 6.14. The summed E-state index contributed by atoms with van der Waals surface area (Å²) in [5.74, 6) is -1.40. The zero-order valence-electron chi connectivity index (χ0n) is 18.1. The molecule has 33 heavy (non-hydrogen) atoms. The Hall–Kier alpha value is -3.77. The molecule has 1 amide bonds. The summed E-state index contributed by atoms with van der Waals surface area (Å²) in [5.41, 5.74) is 2.37. The van der Waals surface area contributed by atoms with Crippen LogP contribution in [0.3, 0.4) is 0 Å². The molecule has 6 nitrogen and oxygen atoms in total. The van der Waals surface area contributed by atoms with E-state index in [1.165, 1.54) is 24.1 Å². The molecule has 0 radical (unpaired) electrons. The molecule has 3 aromatic rings. The van der Waals surface area contributed by atoms with E-state index < -0.39 is 17.7 Å². The SMILES string of the molecule is CCc1ccc(/C(O)=C2/C(=O)C(=O)N(c3ccc(OC)cc3)C2c2ccc(O)c(Cl)c2)cc1. The van der Waals surface area contributed by atoms with E-state index in [2.05, 4.69) is 0 Å². The van der Waals surface area contributed by atoms with Gasteiger partial charge in [-0.05, 0) is 53.9 Å². The molecular formula is C26H22ClNO5. The maximum Gasteiger partial charge on any atom is 0.300 e. The number of hydrogen-bond donors (Lipinski definition) is 2. The highest BCUT2D eigenvalue weighted by molar-refractivity contribution is 6.51. The van der Waals surface area contributed by atoms with Crippen LogP contribution < -0.4 is 9.64 Å². The van der Waals surface area contributed by atoms with E-state index in [4.69, 9.17) is 16.3 Å². The molecule has 0 aliphatic carbocycles. The van der Waals surface area contributed by atoms with Crippen LogP contribution in [0, 0.1) is 0 Å². The molecule has 1 fully saturated rings. The number of ether oxygens (including phenoxy) is 1. The summed E-state index contributed by atoms with van der Waals surface area (Å²) in [6.07, 6.45) is 0.828. The quantitative estimate of drug-likeness (QED) is 0.307. The molecular weight excluding hydrogens is 442 g/mol. The molecule has 0 saturated carbocycles. The highest BCUT2D eigenvalue weighted by atomic mass is 35.5. The average Bonchev–Trinajstić information content (AvgIpc) is 3.11. The van der Waals surface area contributed by atoms with Crippen LogP contribution in [0.25, 0.3) is 5.76 Å². The number of phenols is 1. The van der Waals surface area contributed by atoms with Gasteiger partial charge in [-0.25, -0.2) is 0 Å². The molecule has 1 atom stereocenters. The Balaban J connectivity index is 1.92. The zero-order chi connectivity index (χ0) is 23.7. The Morgan fingerprint density at radius 3 is 2.27 bits per heavy atom. The third-order valence-electron chi connectivity index (χ3n) is 5.72. The van der Waals surface area contributed by atoms with Gasteiger partial charge in [0.15, 0.2) is 0 Å². The van der Waals surface area contributed by atoms with Crippen LogP contribution in [0.1, 0.15) is 29.7 Å². The number of amides is 1. The maximum atomic E-state index is 13.2. The molecule has 1 aliphatic heterocycles. The first-order chi connectivity index (χ1) is 15.8. The number of anilines is 1. The van der Waals surface area contributed by atoms with Gasteiger partial charge in [0.25, 0.3) is 11.7 Å². The number of benzene rings is 3. The molecule has 1 unspecified atom stereocenters. The molecule has 1 saturated heterocycles. The molecule has 1 heterocycles. The van der Waals surface area contributed by atoms with E-state index in [9.17, 15) is 19.8 Å². The van der Waals surface area contributed by atoms with Crippen molar-refractivity contribution < 1.29 is 24.5 Å². The number of carbonyl (C=O) groups is 2. The van der Waals surface area contributed by atoms with Gasteiger partial charge in [0.2, 0.25) is 0 Å². The van der Waals surface area contributed by atoms with Crippen molar-refractivity contribution in [1.29, 1.82) is 0 Å². The smallest absolute Gasteiger partial charge is 0.300 e. The molecule has 2 N–H and O–H groups in total. The van der Waals surface area contributed by atoms with Crippen molar-refractivity contribution in [2.24, 2.45) is 0 Å². The van der Waals surface area contributed by atoms with Crippen molar-refractivity contribution in [3.8, 4) is 11.5 Å². The van der Waals surface area contributed by atoms with Gasteiger partial charge < -0.3 is 14.9 Å². The Labute approximate surface area is 196 Å². The van der Waals surface area contributed by atoms with Gasteiger partial charge in [0.1, 0.15) is 17.3 Å². The number of nitrogens with zero attached hydrogens (tertiary/aromatic N) is 1. The molecule has 1 aliphatic rings. The summed E-state index contributed by atoms with van der Waals surface area (Å²) < 4.78 is 5.19. The first-order valence-corrected chi connectivity index (χ1v) is 10.8. The fourth-order valence-electron chi connectivity index (χ4n) is 3.90. The zero-order valence-corrected chi connectivity index (χ0v) is 18.8. The van der Waals surface area contributed by atoms with E-state index >= 15 is 0 Å².